The molecule has 0 radical (unpaired) electrons. The lowest BCUT2D eigenvalue weighted by Gasteiger charge is -2.17. The monoisotopic (exact) mass is 446 g/mol. The van der Waals surface area contributed by atoms with E-state index in [1.165, 1.54) is 11.3 Å². The van der Waals surface area contributed by atoms with Gasteiger partial charge in [0.05, 0.1) is 17.4 Å². The van der Waals surface area contributed by atoms with E-state index in [0.29, 0.717) is 17.0 Å². The highest BCUT2D eigenvalue weighted by atomic mass is 32.1. The minimum Gasteiger partial charge on any atom is -0.504 e. The molecule has 31 heavy (non-hydrogen) atoms. The Kier molecular flexibility index (Phi) is 8.35. The molecular weight excluding hydrogens is 424 g/mol. The number of aliphatic hydroxyl groups excluding tert-OH is 1. The van der Waals surface area contributed by atoms with Gasteiger partial charge in [-0.2, -0.15) is 0 Å². The fraction of sp³-hybridized carbons (Fsp3) is 0.190. The van der Waals surface area contributed by atoms with E-state index in [1.807, 2.05) is 0 Å². The fourth-order valence-corrected chi connectivity index (χ4v) is 3.79. The van der Waals surface area contributed by atoms with Crippen molar-refractivity contribution in [2.24, 2.45) is 0 Å². The van der Waals surface area contributed by atoms with E-state index in [4.69, 9.17) is 5.11 Å². The van der Waals surface area contributed by atoms with Crippen LogP contribution in [0.1, 0.15) is 15.3 Å². The first-order valence-electron chi connectivity index (χ1n) is 9.11. The van der Waals surface area contributed by atoms with E-state index >= 15 is 0 Å². The maximum atomic E-state index is 11.0. The Morgan fingerprint density at radius 1 is 1.23 bits per heavy atom. The van der Waals surface area contributed by atoms with E-state index in [2.05, 4.69) is 11.9 Å². The summed E-state index contributed by atoms with van der Waals surface area (Å²) in [5, 5.41) is 52.9. The fourth-order valence-electron chi connectivity index (χ4n) is 2.75. The number of nitro groups is 1. The Morgan fingerprint density at radius 3 is 2.52 bits per heavy atom. The van der Waals surface area contributed by atoms with Gasteiger partial charge in [-0.05, 0) is 18.2 Å². The second kappa shape index (κ2) is 11.0. The van der Waals surface area contributed by atoms with Gasteiger partial charge in [-0.25, -0.2) is 0 Å². The number of hydrogen-bond acceptors (Lipinski definition) is 8. The van der Waals surface area contributed by atoms with Crippen molar-refractivity contribution < 1.29 is 30.1 Å². The zero-order chi connectivity index (χ0) is 23.0. The molecule has 0 unspecified atom stereocenters. The van der Waals surface area contributed by atoms with Gasteiger partial charge < -0.3 is 25.7 Å². The summed E-state index contributed by atoms with van der Waals surface area (Å²) in [5.74, 6) is -2.11. The SMILES string of the molecule is C=C/C=C\C=C(/Cc1ccc(CC(=O)O)s1)N[C@H](O)Cc1cc([N+](=O)[O-])cc(O)c1O. The number of rotatable bonds is 11. The lowest BCUT2D eigenvalue weighted by atomic mass is 10.1. The second-order valence-corrected chi connectivity index (χ2v) is 7.77. The van der Waals surface area contributed by atoms with Gasteiger partial charge in [0, 0.05) is 39.9 Å². The number of carbonyl (C=O) groups is 1. The largest absolute Gasteiger partial charge is 0.504 e. The molecule has 9 nitrogen and oxygen atoms in total. The maximum absolute atomic E-state index is 11.0. The topological polar surface area (TPSA) is 153 Å². The lowest BCUT2D eigenvalue weighted by Crippen LogP contribution is -2.31. The summed E-state index contributed by atoms with van der Waals surface area (Å²) in [6, 6.07) is 5.44. The van der Waals surface area contributed by atoms with Crippen LogP contribution in [0.5, 0.6) is 11.5 Å². The van der Waals surface area contributed by atoms with Crippen LogP contribution in [0.25, 0.3) is 0 Å². The predicted octanol–water partition coefficient (Wildman–Crippen LogP) is 3.01. The Labute approximate surface area is 182 Å². The maximum Gasteiger partial charge on any atom is 0.308 e. The van der Waals surface area contributed by atoms with E-state index in [9.17, 15) is 30.2 Å². The van der Waals surface area contributed by atoms with Gasteiger partial charge in [0.25, 0.3) is 5.69 Å². The normalized spacial score (nSPS) is 12.6. The third-order valence-corrected chi connectivity index (χ3v) is 5.17. The number of aliphatic carboxylic acids is 1. The number of non-ortho nitro benzene ring substituents is 1. The molecule has 0 aliphatic heterocycles. The summed E-state index contributed by atoms with van der Waals surface area (Å²) < 4.78 is 0. The Morgan fingerprint density at radius 2 is 1.90 bits per heavy atom. The van der Waals surface area contributed by atoms with Gasteiger partial charge in [0.1, 0.15) is 6.23 Å². The Hall–Kier alpha value is -3.63. The van der Waals surface area contributed by atoms with Crippen molar-refractivity contribution in [1.29, 1.82) is 0 Å². The van der Waals surface area contributed by atoms with Gasteiger partial charge in [0.2, 0.25) is 0 Å². The Bertz CT molecular complexity index is 1030. The molecule has 164 valence electrons. The van der Waals surface area contributed by atoms with E-state index in [1.54, 1.807) is 36.4 Å². The first kappa shape index (κ1) is 23.6. The molecule has 0 fully saturated rings. The van der Waals surface area contributed by atoms with Crippen molar-refractivity contribution in [2.75, 3.05) is 0 Å². The van der Waals surface area contributed by atoms with Gasteiger partial charge >= 0.3 is 5.97 Å². The van der Waals surface area contributed by atoms with E-state index in [-0.39, 0.29) is 18.4 Å². The molecule has 1 atom stereocenters. The molecule has 0 amide bonds. The third-order valence-electron chi connectivity index (χ3n) is 4.08. The standard InChI is InChI=1S/C21H22N2O7S/c1-2-3-4-5-14(10-16-6-7-17(31-16)12-20(26)27)22-19(25)9-13-8-15(23(29)30)11-18(24)21(13)28/h2-8,11,19,22,24-25,28H,1,9-10,12H2,(H,26,27)/b4-3-,14-5+/t19-/m1/s1. The number of phenolic OH excluding ortho intramolecular Hbond substituents is 2. The molecule has 2 rings (SSSR count). The average Bonchev–Trinajstić information content (AvgIpc) is 3.11. The van der Waals surface area contributed by atoms with Crippen LogP contribution in [0.2, 0.25) is 0 Å². The van der Waals surface area contributed by atoms with Gasteiger partial charge in [-0.15, -0.1) is 11.3 Å². The number of carboxylic acids is 1. The predicted molar refractivity (Wildman–Crippen MR) is 116 cm³/mol. The number of aromatic hydroxyl groups is 2. The molecule has 0 aliphatic rings. The summed E-state index contributed by atoms with van der Waals surface area (Å²) in [5.41, 5.74) is 0.183. The number of nitro benzene ring substituents is 1. The molecule has 0 saturated heterocycles. The smallest absolute Gasteiger partial charge is 0.308 e. The van der Waals surface area contributed by atoms with Crippen LogP contribution in [-0.4, -0.2) is 37.5 Å². The lowest BCUT2D eigenvalue weighted by molar-refractivity contribution is -0.385. The molecule has 0 saturated carbocycles. The van der Waals surface area contributed by atoms with E-state index < -0.39 is 34.3 Å². The molecule has 10 heteroatoms. The van der Waals surface area contributed by atoms with Gasteiger partial charge in [0.15, 0.2) is 11.5 Å². The van der Waals surface area contributed by atoms with Crippen molar-refractivity contribution in [1.82, 2.24) is 5.32 Å². The quantitative estimate of drug-likeness (QED) is 0.116. The van der Waals surface area contributed by atoms with Crippen molar-refractivity contribution >= 4 is 23.0 Å². The summed E-state index contributed by atoms with van der Waals surface area (Å²) in [7, 11) is 0. The van der Waals surface area contributed by atoms with E-state index in [0.717, 1.165) is 17.0 Å². The van der Waals surface area contributed by atoms with Crippen molar-refractivity contribution in [2.45, 2.75) is 25.5 Å². The molecule has 1 aromatic heterocycles. The molecule has 5 N–H and O–H groups in total. The van der Waals surface area contributed by atoms with Crippen molar-refractivity contribution in [3.63, 3.8) is 0 Å². The number of benzene rings is 1. The zero-order valence-corrected chi connectivity index (χ0v) is 17.2. The van der Waals surface area contributed by atoms with Crippen LogP contribution in [0.15, 0.2) is 60.8 Å². The van der Waals surface area contributed by atoms with Gasteiger partial charge in [-0.3, -0.25) is 14.9 Å². The number of nitrogens with one attached hydrogen (secondary N) is 1. The van der Waals surface area contributed by atoms with Gasteiger partial charge in [-0.1, -0.05) is 24.8 Å². The molecule has 2 aromatic rings. The van der Waals surface area contributed by atoms with Crippen molar-refractivity contribution in [3.8, 4) is 11.5 Å². The highest BCUT2D eigenvalue weighted by Gasteiger charge is 2.19. The number of allylic oxidation sites excluding steroid dienone is 5. The number of hydrogen-bond donors (Lipinski definition) is 5. The molecule has 0 aliphatic carbocycles. The third kappa shape index (κ3) is 7.28. The zero-order valence-electron chi connectivity index (χ0n) is 16.4. The van der Waals surface area contributed by atoms with Crippen LogP contribution in [0, 0.1) is 10.1 Å². The summed E-state index contributed by atoms with van der Waals surface area (Å²) in [6.45, 7) is 3.58. The second-order valence-electron chi connectivity index (χ2n) is 6.52. The molecular formula is C21H22N2O7S. The number of aliphatic hydroxyl groups is 1. The molecule has 1 heterocycles. The highest BCUT2D eigenvalue weighted by molar-refractivity contribution is 7.12. The minimum absolute atomic E-state index is 0.00699. The Balaban J connectivity index is 2.17. The molecule has 1 aromatic carbocycles. The molecule has 0 bridgehead atoms. The average molecular weight is 446 g/mol. The van der Waals surface area contributed by atoms with Crippen LogP contribution in [-0.2, 0) is 24.1 Å². The highest BCUT2D eigenvalue weighted by Crippen LogP contribution is 2.34. The number of nitrogens with zero attached hydrogens (tertiary/aromatic N) is 1. The first-order valence-corrected chi connectivity index (χ1v) is 9.92. The summed E-state index contributed by atoms with van der Waals surface area (Å²) in [6.07, 6.45) is 5.51. The van der Waals surface area contributed by atoms with Crippen molar-refractivity contribution in [3.05, 3.63) is 86.3 Å². The number of phenols is 2. The summed E-state index contributed by atoms with van der Waals surface area (Å²) in [4.78, 5) is 22.7. The number of carboxylic acid groups (broad SMARTS) is 1. The summed E-state index contributed by atoms with van der Waals surface area (Å²) >= 11 is 1.33. The molecule has 0 spiro atoms. The van der Waals surface area contributed by atoms with Crippen LogP contribution in [0.4, 0.5) is 5.69 Å². The minimum atomic E-state index is -1.23. The number of thiophene rings is 1. The van der Waals surface area contributed by atoms with Crippen LogP contribution < -0.4 is 5.32 Å². The van der Waals surface area contributed by atoms with Crippen LogP contribution in [0.3, 0.4) is 0 Å². The first-order chi connectivity index (χ1) is 14.7. The van der Waals surface area contributed by atoms with Crippen LogP contribution >= 0.6 is 11.3 Å².